The molecular weight excluding hydrogens is 310 g/mol. The van der Waals surface area contributed by atoms with Crippen molar-refractivity contribution >= 4 is 21.9 Å². The Morgan fingerprint density at radius 3 is 2.74 bits per heavy atom. The van der Waals surface area contributed by atoms with Crippen molar-refractivity contribution in [3.63, 3.8) is 0 Å². The zero-order valence-electron chi connectivity index (χ0n) is 10.2. The lowest BCUT2D eigenvalue weighted by molar-refractivity contribution is -0.139. The Hall–Kier alpha value is -1.79. The van der Waals surface area contributed by atoms with Crippen molar-refractivity contribution in [2.24, 2.45) is 0 Å². The number of likely N-dealkylation sites (N-methyl/N-ethyl adjacent to an activating group) is 1. The van der Waals surface area contributed by atoms with Crippen molar-refractivity contribution in [3.05, 3.63) is 46.8 Å². The van der Waals surface area contributed by atoms with Crippen molar-refractivity contribution in [2.75, 3.05) is 7.05 Å². The van der Waals surface area contributed by atoms with Gasteiger partial charge in [0.05, 0.1) is 5.69 Å². The number of rotatable bonds is 4. The van der Waals surface area contributed by atoms with Gasteiger partial charge in [-0.3, -0.25) is 4.79 Å². The molecule has 0 aliphatic heterocycles. The molecule has 2 N–H and O–H groups in total. The molecule has 0 amide bonds. The number of carbonyl (C=O) groups is 1. The van der Waals surface area contributed by atoms with E-state index in [4.69, 9.17) is 5.11 Å². The maximum absolute atomic E-state index is 11.1. The number of aromatic nitrogens is 2. The Labute approximate surface area is 118 Å². The summed E-state index contributed by atoms with van der Waals surface area (Å²) in [4.78, 5) is 19.4. The fourth-order valence-corrected chi connectivity index (χ4v) is 2.18. The Morgan fingerprint density at radius 1 is 1.37 bits per heavy atom. The summed E-state index contributed by atoms with van der Waals surface area (Å²) in [6.07, 6.45) is 1.56. The molecule has 0 saturated heterocycles. The van der Waals surface area contributed by atoms with Crippen molar-refractivity contribution < 1.29 is 9.90 Å². The molecule has 1 atom stereocenters. The topological polar surface area (TPSA) is 75.1 Å². The quantitative estimate of drug-likeness (QED) is 0.903. The molecule has 2 aromatic rings. The summed E-state index contributed by atoms with van der Waals surface area (Å²) in [6, 6.07) is 8.45. The largest absolute Gasteiger partial charge is 0.480 e. The number of hydrogen-bond acceptors (Lipinski definition) is 4. The van der Waals surface area contributed by atoms with Crippen LogP contribution in [0.3, 0.4) is 0 Å². The molecule has 1 aromatic heterocycles. The van der Waals surface area contributed by atoms with Gasteiger partial charge in [0.2, 0.25) is 0 Å². The van der Waals surface area contributed by atoms with Crippen molar-refractivity contribution in [3.8, 4) is 11.3 Å². The monoisotopic (exact) mass is 321 g/mol. The number of carboxylic acids is 1. The smallest absolute Gasteiger partial charge is 0.328 e. The zero-order valence-corrected chi connectivity index (χ0v) is 11.8. The molecular formula is C13H12BrN3O2. The van der Waals surface area contributed by atoms with Crippen LogP contribution in [-0.4, -0.2) is 28.1 Å². The fraction of sp³-hybridized carbons (Fsp3) is 0.154. The molecule has 0 spiro atoms. The van der Waals surface area contributed by atoms with E-state index in [9.17, 15) is 4.79 Å². The van der Waals surface area contributed by atoms with Crippen LogP contribution in [0.5, 0.6) is 0 Å². The number of carboxylic acid groups (broad SMARTS) is 1. The van der Waals surface area contributed by atoms with Crippen LogP contribution >= 0.6 is 15.9 Å². The zero-order chi connectivity index (χ0) is 13.8. The van der Waals surface area contributed by atoms with E-state index in [-0.39, 0.29) is 5.82 Å². The second-order valence-corrected chi connectivity index (χ2v) is 4.69. The van der Waals surface area contributed by atoms with E-state index in [0.717, 1.165) is 10.0 Å². The van der Waals surface area contributed by atoms with Gasteiger partial charge in [0, 0.05) is 16.2 Å². The van der Waals surface area contributed by atoms with Crippen LogP contribution in [-0.2, 0) is 4.79 Å². The third-order valence-corrected chi connectivity index (χ3v) is 3.31. The maximum Gasteiger partial charge on any atom is 0.328 e. The second-order valence-electron chi connectivity index (χ2n) is 3.84. The minimum absolute atomic E-state index is 0.239. The summed E-state index contributed by atoms with van der Waals surface area (Å²) in [5.74, 6) is -0.768. The van der Waals surface area contributed by atoms with Crippen molar-refractivity contribution in [1.29, 1.82) is 0 Å². The van der Waals surface area contributed by atoms with E-state index < -0.39 is 12.0 Å². The van der Waals surface area contributed by atoms with Crippen molar-refractivity contribution in [2.45, 2.75) is 6.04 Å². The number of aliphatic carboxylic acids is 1. The van der Waals surface area contributed by atoms with Gasteiger partial charge in [-0.25, -0.2) is 9.97 Å². The molecule has 0 aliphatic carbocycles. The first-order valence-corrected chi connectivity index (χ1v) is 6.40. The van der Waals surface area contributed by atoms with Crippen LogP contribution in [0.25, 0.3) is 11.3 Å². The van der Waals surface area contributed by atoms with E-state index >= 15 is 0 Å². The molecule has 0 fully saturated rings. The highest BCUT2D eigenvalue weighted by Gasteiger charge is 2.21. The predicted octanol–water partition coefficient (Wildman–Crippen LogP) is 2.25. The standard InChI is InChI=1S/C13H12BrN3O2/c1-15-11(13(18)19)12-16-7-6-10(17-12)8-4-2-3-5-9(8)14/h2-7,11,15H,1H3,(H,18,19). The second kappa shape index (κ2) is 5.90. The average Bonchev–Trinajstić information content (AvgIpc) is 2.40. The first kappa shape index (κ1) is 13.6. The van der Waals surface area contributed by atoms with E-state index in [0.29, 0.717) is 5.69 Å². The van der Waals surface area contributed by atoms with Crippen LogP contribution in [0.4, 0.5) is 0 Å². The van der Waals surface area contributed by atoms with Crippen LogP contribution in [0.15, 0.2) is 41.0 Å². The van der Waals surface area contributed by atoms with Gasteiger partial charge in [-0.1, -0.05) is 34.1 Å². The molecule has 0 radical (unpaired) electrons. The first-order valence-electron chi connectivity index (χ1n) is 5.61. The number of halogens is 1. The van der Waals surface area contributed by atoms with Crippen LogP contribution in [0, 0.1) is 0 Å². The summed E-state index contributed by atoms with van der Waals surface area (Å²) >= 11 is 3.45. The van der Waals surface area contributed by atoms with Crippen LogP contribution in [0.2, 0.25) is 0 Å². The lowest BCUT2D eigenvalue weighted by atomic mass is 10.1. The van der Waals surface area contributed by atoms with Gasteiger partial charge in [0.25, 0.3) is 0 Å². The highest BCUT2D eigenvalue weighted by atomic mass is 79.9. The van der Waals surface area contributed by atoms with E-state index in [2.05, 4.69) is 31.2 Å². The van der Waals surface area contributed by atoms with Gasteiger partial charge < -0.3 is 10.4 Å². The molecule has 1 unspecified atom stereocenters. The molecule has 1 aromatic carbocycles. The molecule has 1 heterocycles. The summed E-state index contributed by atoms with van der Waals surface area (Å²) < 4.78 is 0.899. The number of nitrogens with one attached hydrogen (secondary N) is 1. The predicted molar refractivity (Wildman–Crippen MR) is 74.6 cm³/mol. The molecule has 5 nitrogen and oxygen atoms in total. The Morgan fingerprint density at radius 2 is 2.11 bits per heavy atom. The molecule has 98 valence electrons. The highest BCUT2D eigenvalue weighted by Crippen LogP contribution is 2.26. The molecule has 2 rings (SSSR count). The van der Waals surface area contributed by atoms with E-state index in [1.165, 1.54) is 0 Å². The summed E-state index contributed by atoms with van der Waals surface area (Å²) in [6.45, 7) is 0. The Balaban J connectivity index is 2.45. The molecule has 0 bridgehead atoms. The van der Waals surface area contributed by atoms with E-state index in [1.807, 2.05) is 24.3 Å². The first-order chi connectivity index (χ1) is 9.13. The van der Waals surface area contributed by atoms with Gasteiger partial charge in [-0.2, -0.15) is 0 Å². The third-order valence-electron chi connectivity index (χ3n) is 2.62. The average molecular weight is 322 g/mol. The molecule has 19 heavy (non-hydrogen) atoms. The SMILES string of the molecule is CNC(C(=O)O)c1nccc(-c2ccccc2Br)n1. The molecule has 0 saturated carbocycles. The minimum atomic E-state index is -1.01. The summed E-state index contributed by atoms with van der Waals surface area (Å²) in [7, 11) is 1.56. The van der Waals surface area contributed by atoms with Crippen molar-refractivity contribution in [1.82, 2.24) is 15.3 Å². The maximum atomic E-state index is 11.1. The van der Waals surface area contributed by atoms with Crippen LogP contribution < -0.4 is 5.32 Å². The lowest BCUT2D eigenvalue weighted by Gasteiger charge is -2.11. The third kappa shape index (κ3) is 2.97. The summed E-state index contributed by atoms with van der Waals surface area (Å²) in [5.41, 5.74) is 1.57. The normalized spacial score (nSPS) is 12.1. The lowest BCUT2D eigenvalue weighted by Crippen LogP contribution is -2.27. The van der Waals surface area contributed by atoms with Crippen LogP contribution in [0.1, 0.15) is 11.9 Å². The number of benzene rings is 1. The van der Waals surface area contributed by atoms with Gasteiger partial charge >= 0.3 is 5.97 Å². The minimum Gasteiger partial charge on any atom is -0.480 e. The Kier molecular flexibility index (Phi) is 4.24. The Bertz CT molecular complexity index is 604. The van der Waals surface area contributed by atoms with Gasteiger partial charge in [0.1, 0.15) is 0 Å². The van der Waals surface area contributed by atoms with Gasteiger partial charge in [-0.15, -0.1) is 0 Å². The molecule has 0 aliphatic rings. The molecule has 6 heteroatoms. The summed E-state index contributed by atoms with van der Waals surface area (Å²) in [5, 5.41) is 11.8. The van der Waals surface area contributed by atoms with Gasteiger partial charge in [0.15, 0.2) is 11.9 Å². The fourth-order valence-electron chi connectivity index (χ4n) is 1.69. The number of nitrogens with zero attached hydrogens (tertiary/aromatic N) is 2. The number of hydrogen-bond donors (Lipinski definition) is 2. The van der Waals surface area contributed by atoms with E-state index in [1.54, 1.807) is 19.3 Å². The highest BCUT2D eigenvalue weighted by molar-refractivity contribution is 9.10. The van der Waals surface area contributed by atoms with Gasteiger partial charge in [-0.05, 0) is 19.2 Å².